The average Bonchev–Trinajstić information content (AvgIpc) is 3.06. The van der Waals surface area contributed by atoms with Crippen molar-refractivity contribution < 1.29 is 9.90 Å². The molecule has 0 saturated heterocycles. The van der Waals surface area contributed by atoms with E-state index in [0.717, 1.165) is 6.42 Å². The topological polar surface area (TPSA) is 67.2 Å². The third-order valence-corrected chi connectivity index (χ3v) is 4.18. The molecule has 1 heterocycles. The Balaban J connectivity index is 2.14. The lowest BCUT2D eigenvalue weighted by atomic mass is 9.88. The maximum atomic E-state index is 12.5. The van der Waals surface area contributed by atoms with E-state index in [1.165, 1.54) is 0 Å². The number of amides is 1. The third kappa shape index (κ3) is 3.54. The van der Waals surface area contributed by atoms with Gasteiger partial charge in [-0.25, -0.2) is 4.68 Å². The van der Waals surface area contributed by atoms with Gasteiger partial charge in [0.15, 0.2) is 0 Å². The number of aromatic nitrogens is 2. The van der Waals surface area contributed by atoms with Crippen molar-refractivity contribution in [1.29, 1.82) is 0 Å². The van der Waals surface area contributed by atoms with Gasteiger partial charge < -0.3 is 10.4 Å². The molecule has 0 bridgehead atoms. The van der Waals surface area contributed by atoms with Crippen LogP contribution in [0.15, 0.2) is 42.7 Å². The highest BCUT2D eigenvalue weighted by atomic mass is 16.3. The minimum Gasteiger partial charge on any atom is -0.388 e. The van der Waals surface area contributed by atoms with E-state index in [0.29, 0.717) is 11.3 Å². The summed E-state index contributed by atoms with van der Waals surface area (Å²) in [6, 6.07) is 9.08. The lowest BCUT2D eigenvalue weighted by molar-refractivity contribution is 0.00592. The molecular formula is C17H23N3O2. The Morgan fingerprint density at radius 2 is 2.14 bits per heavy atom. The zero-order chi connectivity index (χ0) is 16.2. The number of rotatable bonds is 6. The van der Waals surface area contributed by atoms with Crippen LogP contribution < -0.4 is 5.32 Å². The van der Waals surface area contributed by atoms with Crippen molar-refractivity contribution in [2.75, 3.05) is 6.54 Å². The smallest absolute Gasteiger partial charge is 0.253 e. The van der Waals surface area contributed by atoms with Crippen LogP contribution in [0.5, 0.6) is 0 Å². The fourth-order valence-electron chi connectivity index (χ4n) is 2.25. The molecular weight excluding hydrogens is 278 g/mol. The van der Waals surface area contributed by atoms with Crippen LogP contribution in [0.3, 0.4) is 0 Å². The normalized spacial score (nSPS) is 15.1. The molecule has 1 aromatic heterocycles. The van der Waals surface area contributed by atoms with E-state index in [9.17, 15) is 9.90 Å². The number of carbonyl (C=O) groups is 1. The lowest BCUT2D eigenvalue weighted by Gasteiger charge is -2.29. The Morgan fingerprint density at radius 1 is 1.41 bits per heavy atom. The van der Waals surface area contributed by atoms with Crippen LogP contribution in [0.2, 0.25) is 0 Å². The summed E-state index contributed by atoms with van der Waals surface area (Å²) in [7, 11) is 0. The fourth-order valence-corrected chi connectivity index (χ4v) is 2.25. The van der Waals surface area contributed by atoms with Gasteiger partial charge >= 0.3 is 0 Å². The van der Waals surface area contributed by atoms with Gasteiger partial charge in [0.05, 0.1) is 16.9 Å². The van der Waals surface area contributed by atoms with Gasteiger partial charge in [-0.15, -0.1) is 0 Å². The SMILES string of the molecule is CCC(C)C(C)(O)CNC(=O)c1ccccc1-n1cccn1. The summed E-state index contributed by atoms with van der Waals surface area (Å²) < 4.78 is 1.65. The van der Waals surface area contributed by atoms with E-state index in [1.807, 2.05) is 38.1 Å². The lowest BCUT2D eigenvalue weighted by Crippen LogP contribution is -2.45. The van der Waals surface area contributed by atoms with E-state index in [2.05, 4.69) is 10.4 Å². The molecule has 0 radical (unpaired) electrons. The second kappa shape index (κ2) is 6.75. The summed E-state index contributed by atoms with van der Waals surface area (Å²) >= 11 is 0. The van der Waals surface area contributed by atoms with Crippen LogP contribution in [-0.4, -0.2) is 32.9 Å². The van der Waals surface area contributed by atoms with Gasteiger partial charge in [0.25, 0.3) is 5.91 Å². The number of benzene rings is 1. The Bertz CT molecular complexity index is 621. The number of hydrogen-bond acceptors (Lipinski definition) is 3. The van der Waals surface area contributed by atoms with Crippen LogP contribution in [0.25, 0.3) is 5.69 Å². The van der Waals surface area contributed by atoms with Crippen molar-refractivity contribution in [2.45, 2.75) is 32.8 Å². The van der Waals surface area contributed by atoms with Gasteiger partial charge in [-0.3, -0.25) is 4.79 Å². The van der Waals surface area contributed by atoms with Gasteiger partial charge in [0.1, 0.15) is 0 Å². The molecule has 0 saturated carbocycles. The largest absolute Gasteiger partial charge is 0.388 e. The van der Waals surface area contributed by atoms with E-state index in [1.54, 1.807) is 30.1 Å². The molecule has 0 spiro atoms. The van der Waals surface area contributed by atoms with Crippen molar-refractivity contribution in [3.05, 3.63) is 48.3 Å². The summed E-state index contributed by atoms with van der Waals surface area (Å²) in [4.78, 5) is 12.5. The first kappa shape index (κ1) is 16.2. The van der Waals surface area contributed by atoms with Crippen LogP contribution in [0.1, 0.15) is 37.6 Å². The van der Waals surface area contributed by atoms with Crippen molar-refractivity contribution >= 4 is 5.91 Å². The Labute approximate surface area is 131 Å². The standard InChI is InChI=1S/C17H23N3O2/c1-4-13(2)17(3,22)12-18-16(21)14-8-5-6-9-15(14)20-11-7-10-19-20/h5-11,13,22H,4,12H2,1-3H3,(H,18,21). The second-order valence-corrected chi connectivity index (χ2v) is 5.82. The first-order valence-electron chi connectivity index (χ1n) is 7.55. The molecule has 0 aliphatic heterocycles. The molecule has 22 heavy (non-hydrogen) atoms. The van der Waals surface area contributed by atoms with Crippen molar-refractivity contribution in [2.24, 2.45) is 5.92 Å². The molecule has 2 atom stereocenters. The quantitative estimate of drug-likeness (QED) is 0.861. The first-order chi connectivity index (χ1) is 10.5. The summed E-state index contributed by atoms with van der Waals surface area (Å²) in [5.41, 5.74) is 0.324. The summed E-state index contributed by atoms with van der Waals surface area (Å²) in [6.45, 7) is 5.97. The maximum Gasteiger partial charge on any atom is 0.253 e. The number of nitrogens with zero attached hydrogens (tertiary/aromatic N) is 2. The highest BCUT2D eigenvalue weighted by Gasteiger charge is 2.27. The molecule has 5 heteroatoms. The first-order valence-corrected chi connectivity index (χ1v) is 7.55. The zero-order valence-corrected chi connectivity index (χ0v) is 13.3. The summed E-state index contributed by atoms with van der Waals surface area (Å²) in [5.74, 6) is -0.108. The van der Waals surface area contributed by atoms with E-state index in [-0.39, 0.29) is 18.4 Å². The van der Waals surface area contributed by atoms with Crippen LogP contribution in [0, 0.1) is 5.92 Å². The molecule has 1 amide bonds. The van der Waals surface area contributed by atoms with Crippen molar-refractivity contribution in [1.82, 2.24) is 15.1 Å². The van der Waals surface area contributed by atoms with Crippen LogP contribution in [-0.2, 0) is 0 Å². The van der Waals surface area contributed by atoms with Crippen LogP contribution in [0.4, 0.5) is 0 Å². The minimum absolute atomic E-state index is 0.106. The summed E-state index contributed by atoms with van der Waals surface area (Å²) in [5, 5.41) is 17.4. The minimum atomic E-state index is -0.926. The van der Waals surface area contributed by atoms with Crippen molar-refractivity contribution in [3.8, 4) is 5.69 Å². The van der Waals surface area contributed by atoms with Gasteiger partial charge in [0, 0.05) is 18.9 Å². The molecule has 1 aromatic carbocycles. The highest BCUT2D eigenvalue weighted by molar-refractivity contribution is 5.97. The molecule has 118 valence electrons. The van der Waals surface area contributed by atoms with Gasteiger partial charge in [-0.05, 0) is 31.0 Å². The van der Waals surface area contributed by atoms with E-state index in [4.69, 9.17) is 0 Å². The predicted molar refractivity (Wildman–Crippen MR) is 86.0 cm³/mol. The number of para-hydroxylation sites is 1. The van der Waals surface area contributed by atoms with Crippen LogP contribution >= 0.6 is 0 Å². The monoisotopic (exact) mass is 301 g/mol. The molecule has 0 aliphatic rings. The van der Waals surface area contributed by atoms with Crippen molar-refractivity contribution in [3.63, 3.8) is 0 Å². The molecule has 0 fully saturated rings. The number of aliphatic hydroxyl groups is 1. The fraction of sp³-hybridized carbons (Fsp3) is 0.412. The van der Waals surface area contributed by atoms with E-state index >= 15 is 0 Å². The molecule has 2 N–H and O–H groups in total. The maximum absolute atomic E-state index is 12.5. The molecule has 5 nitrogen and oxygen atoms in total. The van der Waals surface area contributed by atoms with Gasteiger partial charge in [-0.1, -0.05) is 32.4 Å². The Morgan fingerprint density at radius 3 is 2.77 bits per heavy atom. The van der Waals surface area contributed by atoms with Gasteiger partial charge in [0.2, 0.25) is 0 Å². The Hall–Kier alpha value is -2.14. The van der Waals surface area contributed by atoms with E-state index < -0.39 is 5.60 Å². The number of hydrogen-bond donors (Lipinski definition) is 2. The number of carbonyl (C=O) groups excluding carboxylic acids is 1. The Kier molecular flexibility index (Phi) is 4.98. The third-order valence-electron chi connectivity index (χ3n) is 4.18. The molecule has 2 unspecified atom stereocenters. The average molecular weight is 301 g/mol. The number of nitrogens with one attached hydrogen (secondary N) is 1. The second-order valence-electron chi connectivity index (χ2n) is 5.82. The molecule has 2 rings (SSSR count). The molecule has 0 aliphatic carbocycles. The zero-order valence-electron chi connectivity index (χ0n) is 13.3. The molecule has 2 aromatic rings. The van der Waals surface area contributed by atoms with Gasteiger partial charge in [-0.2, -0.15) is 5.10 Å². The highest BCUT2D eigenvalue weighted by Crippen LogP contribution is 2.19. The predicted octanol–water partition coefficient (Wildman–Crippen LogP) is 2.40. The summed E-state index contributed by atoms with van der Waals surface area (Å²) in [6.07, 6.45) is 4.32.